The molecule has 0 saturated carbocycles. The molecule has 0 aliphatic carbocycles. The van der Waals surface area contributed by atoms with Gasteiger partial charge in [0.05, 0.1) is 5.56 Å². The predicted octanol–water partition coefficient (Wildman–Crippen LogP) is 1.22. The van der Waals surface area contributed by atoms with Gasteiger partial charge in [-0.15, -0.1) is 0 Å². The van der Waals surface area contributed by atoms with Crippen molar-refractivity contribution in [1.29, 1.82) is 0 Å². The molecule has 2 rings (SSSR count). The molecule has 7 heteroatoms. The lowest BCUT2D eigenvalue weighted by Gasteiger charge is -2.06. The summed E-state index contributed by atoms with van der Waals surface area (Å²) < 4.78 is 13.9. The van der Waals surface area contributed by atoms with E-state index in [1.54, 1.807) is 6.20 Å². The molecule has 6 nitrogen and oxygen atoms in total. The molecule has 0 aliphatic heterocycles. The summed E-state index contributed by atoms with van der Waals surface area (Å²) in [5, 5.41) is 2.53. The molecule has 1 aromatic heterocycles. The highest BCUT2D eigenvalue weighted by molar-refractivity contribution is 5.93. The quantitative estimate of drug-likeness (QED) is 0.765. The zero-order valence-corrected chi connectivity index (χ0v) is 10.5. The number of aromatic nitrogens is 2. The van der Waals surface area contributed by atoms with Crippen molar-refractivity contribution >= 4 is 17.8 Å². The van der Waals surface area contributed by atoms with Gasteiger partial charge in [0.25, 0.3) is 5.91 Å². The van der Waals surface area contributed by atoms with E-state index < -0.39 is 11.7 Å². The van der Waals surface area contributed by atoms with Crippen molar-refractivity contribution < 1.29 is 14.0 Å². The molecule has 0 atom stereocenters. The van der Waals surface area contributed by atoms with E-state index >= 15 is 0 Å². The van der Waals surface area contributed by atoms with Crippen LogP contribution in [-0.2, 0) is 11.2 Å². The maximum absolute atomic E-state index is 13.9. The van der Waals surface area contributed by atoms with Gasteiger partial charge in [0.2, 0.25) is 11.9 Å². The number of H-pyrrole nitrogens is 1. The highest BCUT2D eigenvalue weighted by atomic mass is 19.1. The number of benzene rings is 1. The fourth-order valence-corrected chi connectivity index (χ4v) is 1.74. The first-order valence-electron chi connectivity index (χ1n) is 5.94. The van der Waals surface area contributed by atoms with Gasteiger partial charge in [-0.2, -0.15) is 0 Å². The number of halogens is 1. The Balaban J connectivity index is 1.99. The fourth-order valence-electron chi connectivity index (χ4n) is 1.74. The Bertz CT molecular complexity index is 625. The number of nitrogens with two attached hydrogens (primary N) is 1. The molecule has 0 bridgehead atoms. The number of anilines is 1. The first kappa shape index (κ1) is 13.7. The molecular formula is C13H13FN4O2. The van der Waals surface area contributed by atoms with Gasteiger partial charge in [0.15, 0.2) is 0 Å². The Morgan fingerprint density at radius 1 is 1.40 bits per heavy atom. The standard InChI is InChI=1S/C13H13FN4O2/c14-11-8(2-1-3-9(11)12(15)20)4-5-10(19)18-13-16-6-7-17-13/h1-3,6-7H,4-5H2,(H2,15,20)(H2,16,17,18,19). The largest absolute Gasteiger partial charge is 0.366 e. The molecule has 2 amide bonds. The molecule has 1 heterocycles. The average Bonchev–Trinajstić information content (AvgIpc) is 2.90. The normalized spacial score (nSPS) is 10.2. The second-order valence-corrected chi connectivity index (χ2v) is 4.13. The Labute approximate surface area is 114 Å². The number of imidazole rings is 1. The van der Waals surface area contributed by atoms with Crippen LogP contribution in [0.15, 0.2) is 30.6 Å². The Kier molecular flexibility index (Phi) is 4.09. The first-order valence-corrected chi connectivity index (χ1v) is 5.94. The number of aromatic amines is 1. The van der Waals surface area contributed by atoms with Gasteiger partial charge in [0.1, 0.15) is 5.82 Å². The summed E-state index contributed by atoms with van der Waals surface area (Å²) in [7, 11) is 0. The zero-order chi connectivity index (χ0) is 14.5. The summed E-state index contributed by atoms with van der Waals surface area (Å²) in [4.78, 5) is 29.2. The number of hydrogen-bond donors (Lipinski definition) is 3. The van der Waals surface area contributed by atoms with Crippen molar-refractivity contribution in [2.45, 2.75) is 12.8 Å². The van der Waals surface area contributed by atoms with E-state index in [9.17, 15) is 14.0 Å². The van der Waals surface area contributed by atoms with Crippen LogP contribution in [0.3, 0.4) is 0 Å². The molecule has 0 fully saturated rings. The monoisotopic (exact) mass is 276 g/mol. The summed E-state index contributed by atoms with van der Waals surface area (Å²) >= 11 is 0. The molecule has 0 saturated heterocycles. The van der Waals surface area contributed by atoms with Crippen LogP contribution in [0, 0.1) is 5.82 Å². The first-order chi connectivity index (χ1) is 9.58. The maximum Gasteiger partial charge on any atom is 0.251 e. The molecule has 0 aliphatic rings. The van der Waals surface area contributed by atoms with Crippen molar-refractivity contribution in [3.63, 3.8) is 0 Å². The van der Waals surface area contributed by atoms with Crippen molar-refractivity contribution in [1.82, 2.24) is 9.97 Å². The number of carbonyl (C=O) groups excluding carboxylic acids is 2. The van der Waals surface area contributed by atoms with Crippen LogP contribution in [0.25, 0.3) is 0 Å². The second kappa shape index (κ2) is 5.96. The SMILES string of the molecule is NC(=O)c1cccc(CCC(=O)Nc2ncc[nH]2)c1F. The summed E-state index contributed by atoms with van der Waals surface area (Å²) in [6, 6.07) is 4.36. The van der Waals surface area contributed by atoms with E-state index in [0.717, 1.165) is 0 Å². The van der Waals surface area contributed by atoms with E-state index in [1.807, 2.05) is 0 Å². The maximum atomic E-state index is 13.9. The molecule has 104 valence electrons. The number of aryl methyl sites for hydroxylation is 1. The lowest BCUT2D eigenvalue weighted by Crippen LogP contribution is -2.16. The fraction of sp³-hybridized carbons (Fsp3) is 0.154. The molecule has 1 aromatic carbocycles. The van der Waals surface area contributed by atoms with E-state index in [4.69, 9.17) is 5.73 Å². The summed E-state index contributed by atoms with van der Waals surface area (Å²) in [5.74, 6) is -1.47. The lowest BCUT2D eigenvalue weighted by atomic mass is 10.0. The lowest BCUT2D eigenvalue weighted by molar-refractivity contribution is -0.116. The van der Waals surface area contributed by atoms with Crippen LogP contribution < -0.4 is 11.1 Å². The molecule has 20 heavy (non-hydrogen) atoms. The van der Waals surface area contributed by atoms with E-state index in [2.05, 4.69) is 15.3 Å². The third kappa shape index (κ3) is 3.19. The minimum absolute atomic E-state index is 0.0693. The van der Waals surface area contributed by atoms with Gasteiger partial charge in [0, 0.05) is 18.8 Å². The second-order valence-electron chi connectivity index (χ2n) is 4.13. The van der Waals surface area contributed by atoms with Gasteiger partial charge in [-0.05, 0) is 18.1 Å². The number of primary amides is 1. The van der Waals surface area contributed by atoms with Gasteiger partial charge in [-0.3, -0.25) is 14.9 Å². The summed E-state index contributed by atoms with van der Waals surface area (Å²) in [6.07, 6.45) is 3.32. The summed E-state index contributed by atoms with van der Waals surface area (Å²) in [5.41, 5.74) is 5.16. The molecule has 0 radical (unpaired) electrons. The van der Waals surface area contributed by atoms with E-state index in [0.29, 0.717) is 5.95 Å². The highest BCUT2D eigenvalue weighted by Gasteiger charge is 2.13. The number of hydrogen-bond acceptors (Lipinski definition) is 3. The number of rotatable bonds is 5. The zero-order valence-electron chi connectivity index (χ0n) is 10.5. The van der Waals surface area contributed by atoms with Crippen LogP contribution >= 0.6 is 0 Å². The van der Waals surface area contributed by atoms with Crippen LogP contribution in [0.5, 0.6) is 0 Å². The number of amides is 2. The van der Waals surface area contributed by atoms with Crippen molar-refractivity contribution in [3.05, 3.63) is 47.5 Å². The molecule has 0 spiro atoms. The Morgan fingerprint density at radius 3 is 2.85 bits per heavy atom. The Hall–Kier alpha value is -2.70. The molecule has 4 N–H and O–H groups in total. The average molecular weight is 276 g/mol. The minimum atomic E-state index is -0.829. The third-order valence-corrected chi connectivity index (χ3v) is 2.72. The number of carbonyl (C=O) groups is 2. The van der Waals surface area contributed by atoms with Gasteiger partial charge < -0.3 is 10.7 Å². The Morgan fingerprint density at radius 2 is 2.20 bits per heavy atom. The molecule has 2 aromatic rings. The summed E-state index contributed by atoms with van der Waals surface area (Å²) in [6.45, 7) is 0. The topological polar surface area (TPSA) is 101 Å². The van der Waals surface area contributed by atoms with Crippen LogP contribution in [0.1, 0.15) is 22.3 Å². The minimum Gasteiger partial charge on any atom is -0.366 e. The molecular weight excluding hydrogens is 263 g/mol. The number of nitrogens with zero attached hydrogens (tertiary/aromatic N) is 1. The van der Waals surface area contributed by atoms with Gasteiger partial charge in [-0.25, -0.2) is 9.37 Å². The van der Waals surface area contributed by atoms with Gasteiger partial charge in [-0.1, -0.05) is 12.1 Å². The predicted molar refractivity (Wildman–Crippen MR) is 70.5 cm³/mol. The van der Waals surface area contributed by atoms with E-state index in [1.165, 1.54) is 24.4 Å². The van der Waals surface area contributed by atoms with Crippen LogP contribution in [0.4, 0.5) is 10.3 Å². The molecule has 0 unspecified atom stereocenters. The van der Waals surface area contributed by atoms with Crippen molar-refractivity contribution in [3.8, 4) is 0 Å². The van der Waals surface area contributed by atoms with Crippen LogP contribution in [-0.4, -0.2) is 21.8 Å². The van der Waals surface area contributed by atoms with Gasteiger partial charge >= 0.3 is 0 Å². The smallest absolute Gasteiger partial charge is 0.251 e. The number of nitrogens with one attached hydrogen (secondary N) is 2. The van der Waals surface area contributed by atoms with E-state index in [-0.39, 0.29) is 29.9 Å². The van der Waals surface area contributed by atoms with Crippen LogP contribution in [0.2, 0.25) is 0 Å². The highest BCUT2D eigenvalue weighted by Crippen LogP contribution is 2.14. The van der Waals surface area contributed by atoms with Crippen molar-refractivity contribution in [2.24, 2.45) is 5.73 Å². The van der Waals surface area contributed by atoms with Crippen molar-refractivity contribution in [2.75, 3.05) is 5.32 Å². The third-order valence-electron chi connectivity index (χ3n) is 2.72.